The van der Waals surface area contributed by atoms with E-state index < -0.39 is 0 Å². The molecule has 2 aliphatic rings. The van der Waals surface area contributed by atoms with Crippen molar-refractivity contribution in [3.05, 3.63) is 35.5 Å². The van der Waals surface area contributed by atoms with Gasteiger partial charge in [0.15, 0.2) is 11.5 Å². The molecule has 2 aromatic rings. The summed E-state index contributed by atoms with van der Waals surface area (Å²) < 4.78 is 12.9. The SMILES string of the molecule is Cn1ncc2c1NC(=O)CSC2c1ccc2c(c1)OCCO2. The minimum Gasteiger partial charge on any atom is -0.486 e. The zero-order chi connectivity index (χ0) is 15.1. The number of hydrogen-bond donors (Lipinski definition) is 1. The van der Waals surface area contributed by atoms with Crippen LogP contribution in [0.2, 0.25) is 0 Å². The molecule has 0 fully saturated rings. The highest BCUT2D eigenvalue weighted by atomic mass is 32.2. The Morgan fingerprint density at radius 2 is 2.14 bits per heavy atom. The number of amides is 1. The van der Waals surface area contributed by atoms with Gasteiger partial charge in [-0.1, -0.05) is 6.07 Å². The number of hydrogen-bond acceptors (Lipinski definition) is 5. The number of nitrogens with zero attached hydrogens (tertiary/aromatic N) is 2. The average molecular weight is 317 g/mol. The molecule has 1 N–H and O–H groups in total. The van der Waals surface area contributed by atoms with Crippen LogP contribution < -0.4 is 14.8 Å². The van der Waals surface area contributed by atoms with Crippen molar-refractivity contribution in [2.45, 2.75) is 5.25 Å². The van der Waals surface area contributed by atoms with Crippen molar-refractivity contribution in [1.82, 2.24) is 9.78 Å². The van der Waals surface area contributed by atoms with Gasteiger partial charge in [0, 0.05) is 12.6 Å². The molecule has 1 atom stereocenters. The molecule has 22 heavy (non-hydrogen) atoms. The Morgan fingerprint density at radius 3 is 3.00 bits per heavy atom. The molecule has 114 valence electrons. The van der Waals surface area contributed by atoms with Crippen LogP contribution in [0.4, 0.5) is 5.82 Å². The third-order valence-corrected chi connectivity index (χ3v) is 5.05. The zero-order valence-corrected chi connectivity index (χ0v) is 12.9. The van der Waals surface area contributed by atoms with E-state index in [0.29, 0.717) is 19.0 Å². The fourth-order valence-electron chi connectivity index (χ4n) is 2.72. The van der Waals surface area contributed by atoms with Crippen LogP contribution >= 0.6 is 11.8 Å². The first-order valence-corrected chi connectivity index (χ1v) is 8.10. The minimum atomic E-state index is -0.00473. The normalized spacial score (nSPS) is 20.0. The molecule has 0 aliphatic carbocycles. The largest absolute Gasteiger partial charge is 0.486 e. The molecular formula is C15H15N3O3S. The maximum absolute atomic E-state index is 11.9. The maximum atomic E-state index is 11.9. The number of carbonyl (C=O) groups excluding carboxylic acids is 1. The molecule has 0 bridgehead atoms. The van der Waals surface area contributed by atoms with E-state index in [2.05, 4.69) is 10.4 Å². The first kappa shape index (κ1) is 13.5. The molecule has 0 saturated heterocycles. The van der Waals surface area contributed by atoms with Crippen LogP contribution in [0.15, 0.2) is 24.4 Å². The van der Waals surface area contributed by atoms with Gasteiger partial charge in [-0.25, -0.2) is 0 Å². The number of fused-ring (bicyclic) bond motifs is 2. The second-order valence-corrected chi connectivity index (χ2v) is 6.31. The van der Waals surface area contributed by atoms with E-state index in [9.17, 15) is 4.79 Å². The molecule has 1 aromatic heterocycles. The van der Waals surface area contributed by atoms with Crippen molar-refractivity contribution in [3.63, 3.8) is 0 Å². The molecule has 0 spiro atoms. The molecule has 2 aliphatic heterocycles. The molecule has 4 rings (SSSR count). The van der Waals surface area contributed by atoms with Crippen LogP contribution in [-0.4, -0.2) is 34.7 Å². The number of nitrogens with one attached hydrogen (secondary N) is 1. The van der Waals surface area contributed by atoms with Crippen LogP contribution in [-0.2, 0) is 11.8 Å². The van der Waals surface area contributed by atoms with Crippen molar-refractivity contribution in [3.8, 4) is 11.5 Å². The summed E-state index contributed by atoms with van der Waals surface area (Å²) in [7, 11) is 1.83. The highest BCUT2D eigenvalue weighted by molar-refractivity contribution is 8.00. The molecule has 0 saturated carbocycles. The predicted molar refractivity (Wildman–Crippen MR) is 83.6 cm³/mol. The Labute approximate surface area is 131 Å². The van der Waals surface area contributed by atoms with Crippen LogP contribution in [0.1, 0.15) is 16.4 Å². The summed E-state index contributed by atoms with van der Waals surface area (Å²) >= 11 is 1.59. The van der Waals surface area contributed by atoms with E-state index in [1.165, 1.54) is 0 Å². The highest BCUT2D eigenvalue weighted by Crippen LogP contribution is 2.43. The average Bonchev–Trinajstić information content (AvgIpc) is 2.79. The van der Waals surface area contributed by atoms with Crippen molar-refractivity contribution in [1.29, 1.82) is 0 Å². The lowest BCUT2D eigenvalue weighted by Gasteiger charge is -2.21. The van der Waals surface area contributed by atoms with E-state index in [1.54, 1.807) is 16.4 Å². The van der Waals surface area contributed by atoms with Crippen LogP contribution in [0, 0.1) is 0 Å². The Morgan fingerprint density at radius 1 is 1.32 bits per heavy atom. The summed E-state index contributed by atoms with van der Waals surface area (Å²) in [6.07, 6.45) is 1.81. The van der Waals surface area contributed by atoms with E-state index in [0.717, 1.165) is 28.4 Å². The number of carbonyl (C=O) groups is 1. The molecule has 1 aromatic carbocycles. The highest BCUT2D eigenvalue weighted by Gasteiger charge is 2.28. The fraction of sp³-hybridized carbons (Fsp3) is 0.333. The van der Waals surface area contributed by atoms with E-state index >= 15 is 0 Å². The standard InChI is InChI=1S/C15H15N3O3S/c1-18-15-10(7-16-18)14(22-8-13(19)17-15)9-2-3-11-12(6-9)21-5-4-20-11/h2-3,6-7,14H,4-5,8H2,1H3,(H,17,19). The number of aromatic nitrogens is 2. The molecule has 0 radical (unpaired) electrons. The number of thioether (sulfide) groups is 1. The zero-order valence-electron chi connectivity index (χ0n) is 12.0. The molecule has 1 amide bonds. The van der Waals surface area contributed by atoms with Gasteiger partial charge in [-0.15, -0.1) is 11.8 Å². The van der Waals surface area contributed by atoms with E-state index in [1.807, 2.05) is 31.4 Å². The van der Waals surface area contributed by atoms with Crippen LogP contribution in [0.5, 0.6) is 11.5 Å². The summed E-state index contributed by atoms with van der Waals surface area (Å²) in [5.74, 6) is 2.70. The number of rotatable bonds is 1. The van der Waals surface area contributed by atoms with Gasteiger partial charge in [-0.05, 0) is 17.7 Å². The molecule has 3 heterocycles. The lowest BCUT2D eigenvalue weighted by molar-refractivity contribution is -0.113. The first-order valence-electron chi connectivity index (χ1n) is 7.05. The summed E-state index contributed by atoms with van der Waals surface area (Å²) in [5, 5.41) is 7.23. The van der Waals surface area contributed by atoms with Crippen LogP contribution in [0.3, 0.4) is 0 Å². The lowest BCUT2D eigenvalue weighted by atomic mass is 10.1. The van der Waals surface area contributed by atoms with E-state index in [4.69, 9.17) is 9.47 Å². The number of benzene rings is 1. The van der Waals surface area contributed by atoms with Crippen molar-refractivity contribution in [2.75, 3.05) is 24.3 Å². The van der Waals surface area contributed by atoms with Gasteiger partial charge in [0.2, 0.25) is 5.91 Å². The van der Waals surface area contributed by atoms with Gasteiger partial charge >= 0.3 is 0 Å². The second-order valence-electron chi connectivity index (χ2n) is 5.21. The van der Waals surface area contributed by atoms with Crippen LogP contribution in [0.25, 0.3) is 0 Å². The number of aryl methyl sites for hydroxylation is 1. The quantitative estimate of drug-likeness (QED) is 0.871. The van der Waals surface area contributed by atoms with Gasteiger partial charge in [0.05, 0.1) is 17.2 Å². The van der Waals surface area contributed by atoms with Crippen molar-refractivity contribution >= 4 is 23.5 Å². The number of ether oxygens (including phenoxy) is 2. The lowest BCUT2D eigenvalue weighted by Crippen LogP contribution is -2.15. The summed E-state index contributed by atoms with van der Waals surface area (Å²) in [6, 6.07) is 5.96. The third-order valence-electron chi connectivity index (χ3n) is 3.76. The Kier molecular flexibility index (Phi) is 3.22. The summed E-state index contributed by atoms with van der Waals surface area (Å²) in [4.78, 5) is 11.9. The first-order chi connectivity index (χ1) is 10.7. The molecule has 1 unspecified atom stereocenters. The third kappa shape index (κ3) is 2.21. The topological polar surface area (TPSA) is 65.4 Å². The Bertz CT molecular complexity index is 744. The second kappa shape index (κ2) is 5.24. The van der Waals surface area contributed by atoms with Gasteiger partial charge in [-0.2, -0.15) is 5.10 Å². The van der Waals surface area contributed by atoms with Gasteiger partial charge in [0.25, 0.3) is 0 Å². The van der Waals surface area contributed by atoms with Crippen molar-refractivity contribution < 1.29 is 14.3 Å². The summed E-state index contributed by atoms with van der Waals surface area (Å²) in [6.45, 7) is 1.14. The number of anilines is 1. The predicted octanol–water partition coefficient (Wildman–Crippen LogP) is 1.97. The van der Waals surface area contributed by atoms with Gasteiger partial charge in [-0.3, -0.25) is 9.48 Å². The molecule has 6 nitrogen and oxygen atoms in total. The minimum absolute atomic E-state index is 0.00473. The van der Waals surface area contributed by atoms with Gasteiger partial charge in [0.1, 0.15) is 19.0 Å². The monoisotopic (exact) mass is 317 g/mol. The summed E-state index contributed by atoms with van der Waals surface area (Å²) in [5.41, 5.74) is 2.09. The van der Waals surface area contributed by atoms with Gasteiger partial charge < -0.3 is 14.8 Å². The Balaban J connectivity index is 1.77. The smallest absolute Gasteiger partial charge is 0.235 e. The molecule has 7 heteroatoms. The maximum Gasteiger partial charge on any atom is 0.235 e. The van der Waals surface area contributed by atoms with Crippen molar-refractivity contribution in [2.24, 2.45) is 7.05 Å². The Hall–Kier alpha value is -2.15. The van der Waals surface area contributed by atoms with E-state index in [-0.39, 0.29) is 11.2 Å². The molecular weight excluding hydrogens is 302 g/mol. The fourth-order valence-corrected chi connectivity index (χ4v) is 3.80.